The van der Waals surface area contributed by atoms with E-state index < -0.39 is 0 Å². The summed E-state index contributed by atoms with van der Waals surface area (Å²) in [5.41, 5.74) is 3.79. The minimum atomic E-state index is 0.201. The maximum absolute atomic E-state index is 12.5. The van der Waals surface area contributed by atoms with Gasteiger partial charge in [-0.2, -0.15) is 0 Å². The van der Waals surface area contributed by atoms with Crippen LogP contribution in [-0.2, 0) is 19.4 Å². The Bertz CT molecular complexity index is 474. The van der Waals surface area contributed by atoms with E-state index in [0.717, 1.165) is 24.9 Å². The number of pyridine rings is 1. The fraction of sp³-hybridized carbons (Fsp3) is 0.667. The SMILES string of the molecule is CCNCc1cc2c(n(C(C)C)c1=O)CCCC2. The van der Waals surface area contributed by atoms with Crippen LogP contribution in [0.5, 0.6) is 0 Å². The van der Waals surface area contributed by atoms with E-state index in [4.69, 9.17) is 0 Å². The molecule has 0 unspecified atom stereocenters. The number of aromatic nitrogens is 1. The molecule has 1 aromatic rings. The molecule has 1 aromatic heterocycles. The van der Waals surface area contributed by atoms with E-state index in [9.17, 15) is 4.79 Å². The molecule has 0 atom stereocenters. The number of fused-ring (bicyclic) bond motifs is 1. The summed E-state index contributed by atoms with van der Waals surface area (Å²) >= 11 is 0. The maximum atomic E-state index is 12.5. The molecule has 0 aliphatic heterocycles. The Morgan fingerprint density at radius 1 is 1.33 bits per heavy atom. The summed E-state index contributed by atoms with van der Waals surface area (Å²) < 4.78 is 2.02. The third-order valence-corrected chi connectivity index (χ3v) is 3.69. The van der Waals surface area contributed by atoms with Gasteiger partial charge < -0.3 is 9.88 Å². The van der Waals surface area contributed by atoms with Gasteiger partial charge in [0.05, 0.1) is 0 Å². The summed E-state index contributed by atoms with van der Waals surface area (Å²) in [6, 6.07) is 2.39. The Morgan fingerprint density at radius 2 is 2.06 bits per heavy atom. The van der Waals surface area contributed by atoms with Crippen LogP contribution in [0.1, 0.15) is 56.5 Å². The molecule has 0 radical (unpaired) electrons. The second kappa shape index (κ2) is 5.70. The summed E-state index contributed by atoms with van der Waals surface area (Å²) in [4.78, 5) is 12.5. The molecule has 0 saturated heterocycles. The van der Waals surface area contributed by atoms with Crippen LogP contribution < -0.4 is 10.9 Å². The van der Waals surface area contributed by atoms with Crippen molar-refractivity contribution in [2.45, 2.75) is 59.0 Å². The zero-order valence-corrected chi connectivity index (χ0v) is 11.8. The molecule has 100 valence electrons. The summed E-state index contributed by atoms with van der Waals surface area (Å²) in [5.74, 6) is 0. The van der Waals surface area contributed by atoms with Gasteiger partial charge in [0, 0.05) is 23.8 Å². The first-order valence-electron chi connectivity index (χ1n) is 7.12. The van der Waals surface area contributed by atoms with Crippen LogP contribution in [0.25, 0.3) is 0 Å². The predicted octanol–water partition coefficient (Wildman–Crippen LogP) is 2.42. The molecule has 3 heteroatoms. The molecule has 18 heavy (non-hydrogen) atoms. The van der Waals surface area contributed by atoms with Crippen molar-refractivity contribution in [1.29, 1.82) is 0 Å². The zero-order valence-electron chi connectivity index (χ0n) is 11.8. The Balaban J connectivity index is 2.50. The van der Waals surface area contributed by atoms with Crippen molar-refractivity contribution in [3.63, 3.8) is 0 Å². The minimum absolute atomic E-state index is 0.201. The number of aryl methyl sites for hydroxylation is 1. The van der Waals surface area contributed by atoms with Gasteiger partial charge in [0.15, 0.2) is 0 Å². The van der Waals surface area contributed by atoms with E-state index >= 15 is 0 Å². The topological polar surface area (TPSA) is 34.0 Å². The summed E-state index contributed by atoms with van der Waals surface area (Å²) in [5, 5.41) is 3.26. The van der Waals surface area contributed by atoms with Crippen LogP contribution in [0.3, 0.4) is 0 Å². The molecule has 0 spiro atoms. The Labute approximate surface area is 109 Å². The number of rotatable bonds is 4. The highest BCUT2D eigenvalue weighted by molar-refractivity contribution is 5.29. The third-order valence-electron chi connectivity index (χ3n) is 3.69. The lowest BCUT2D eigenvalue weighted by Gasteiger charge is -2.24. The normalized spacial score (nSPS) is 14.9. The Hall–Kier alpha value is -1.09. The van der Waals surface area contributed by atoms with Crippen molar-refractivity contribution in [2.24, 2.45) is 0 Å². The first-order valence-corrected chi connectivity index (χ1v) is 7.12. The van der Waals surface area contributed by atoms with Gasteiger partial charge >= 0.3 is 0 Å². The van der Waals surface area contributed by atoms with Gasteiger partial charge in [-0.15, -0.1) is 0 Å². The zero-order chi connectivity index (χ0) is 13.1. The molecule has 0 saturated carbocycles. The molecule has 0 fully saturated rings. The van der Waals surface area contributed by atoms with E-state index in [1.807, 2.05) is 4.57 Å². The summed E-state index contributed by atoms with van der Waals surface area (Å²) in [6.07, 6.45) is 4.65. The molecule has 1 N–H and O–H groups in total. The molecule has 1 heterocycles. The smallest absolute Gasteiger partial charge is 0.255 e. The highest BCUT2D eigenvalue weighted by Gasteiger charge is 2.18. The average Bonchev–Trinajstić information content (AvgIpc) is 2.35. The molecule has 3 nitrogen and oxygen atoms in total. The second-order valence-electron chi connectivity index (χ2n) is 5.40. The Kier molecular flexibility index (Phi) is 4.23. The molecule has 1 aliphatic carbocycles. The van der Waals surface area contributed by atoms with Gasteiger partial charge in [-0.25, -0.2) is 0 Å². The maximum Gasteiger partial charge on any atom is 0.255 e. The fourth-order valence-electron chi connectivity index (χ4n) is 2.83. The number of nitrogens with one attached hydrogen (secondary N) is 1. The van der Waals surface area contributed by atoms with Crippen LogP contribution in [0.2, 0.25) is 0 Å². The van der Waals surface area contributed by atoms with Crippen LogP contribution in [0.4, 0.5) is 0 Å². The average molecular weight is 248 g/mol. The fourth-order valence-corrected chi connectivity index (χ4v) is 2.83. The van der Waals surface area contributed by atoms with Crippen LogP contribution in [0, 0.1) is 0 Å². The van der Waals surface area contributed by atoms with Gasteiger partial charge in [-0.3, -0.25) is 4.79 Å². The molecule has 0 aromatic carbocycles. The first-order chi connectivity index (χ1) is 8.65. The van der Waals surface area contributed by atoms with Crippen LogP contribution in [0.15, 0.2) is 10.9 Å². The van der Waals surface area contributed by atoms with E-state index in [0.29, 0.717) is 6.54 Å². The van der Waals surface area contributed by atoms with E-state index in [-0.39, 0.29) is 11.6 Å². The lowest BCUT2D eigenvalue weighted by atomic mass is 9.94. The lowest BCUT2D eigenvalue weighted by molar-refractivity contribution is 0.511. The van der Waals surface area contributed by atoms with Crippen molar-refractivity contribution in [3.8, 4) is 0 Å². The highest BCUT2D eigenvalue weighted by Crippen LogP contribution is 2.22. The van der Waals surface area contributed by atoms with Crippen LogP contribution in [-0.4, -0.2) is 11.1 Å². The first kappa shape index (κ1) is 13.3. The molecule has 1 aliphatic rings. The quantitative estimate of drug-likeness (QED) is 0.888. The van der Waals surface area contributed by atoms with Gasteiger partial charge in [0.25, 0.3) is 5.56 Å². The van der Waals surface area contributed by atoms with Crippen molar-refractivity contribution >= 4 is 0 Å². The van der Waals surface area contributed by atoms with Crippen molar-refractivity contribution in [1.82, 2.24) is 9.88 Å². The summed E-state index contributed by atoms with van der Waals surface area (Å²) in [7, 11) is 0. The van der Waals surface area contributed by atoms with Crippen molar-refractivity contribution < 1.29 is 0 Å². The number of nitrogens with zero attached hydrogens (tertiary/aromatic N) is 1. The van der Waals surface area contributed by atoms with E-state index in [1.54, 1.807) is 0 Å². The van der Waals surface area contributed by atoms with Crippen LogP contribution >= 0.6 is 0 Å². The van der Waals surface area contributed by atoms with Gasteiger partial charge in [0.2, 0.25) is 0 Å². The van der Waals surface area contributed by atoms with E-state index in [1.165, 1.54) is 24.1 Å². The lowest BCUT2D eigenvalue weighted by Crippen LogP contribution is -2.32. The number of hydrogen-bond acceptors (Lipinski definition) is 2. The molecule has 2 rings (SSSR count). The monoisotopic (exact) mass is 248 g/mol. The standard InChI is InChI=1S/C15H24N2O/c1-4-16-10-13-9-12-7-5-6-8-14(12)17(11(2)3)15(13)18/h9,11,16H,4-8,10H2,1-3H3. The van der Waals surface area contributed by atoms with Crippen molar-refractivity contribution in [3.05, 3.63) is 33.2 Å². The number of hydrogen-bond donors (Lipinski definition) is 1. The molecular formula is C15H24N2O. The molecule has 0 bridgehead atoms. The van der Waals surface area contributed by atoms with Gasteiger partial charge in [0.1, 0.15) is 0 Å². The highest BCUT2D eigenvalue weighted by atomic mass is 16.1. The minimum Gasteiger partial charge on any atom is -0.313 e. The van der Waals surface area contributed by atoms with Gasteiger partial charge in [-0.1, -0.05) is 6.92 Å². The molecule has 0 amide bonds. The second-order valence-corrected chi connectivity index (χ2v) is 5.40. The van der Waals surface area contributed by atoms with E-state index in [2.05, 4.69) is 32.2 Å². The van der Waals surface area contributed by atoms with Crippen molar-refractivity contribution in [2.75, 3.05) is 6.54 Å². The molecular weight excluding hydrogens is 224 g/mol. The Morgan fingerprint density at radius 3 is 2.72 bits per heavy atom. The predicted molar refractivity (Wildman–Crippen MR) is 75.1 cm³/mol. The third kappa shape index (κ3) is 2.51. The van der Waals surface area contributed by atoms with Gasteiger partial charge in [-0.05, 0) is 57.7 Å². The summed E-state index contributed by atoms with van der Waals surface area (Å²) in [6.45, 7) is 7.87. The largest absolute Gasteiger partial charge is 0.313 e.